The Bertz CT molecular complexity index is 544. The lowest BCUT2D eigenvalue weighted by molar-refractivity contribution is -0.142. The number of piperidine rings is 3. The molecule has 0 bridgehead atoms. The molecule has 3 fully saturated rings. The van der Waals surface area contributed by atoms with Crippen molar-refractivity contribution in [3.05, 3.63) is 0 Å². The number of hydrogen-bond acceptors (Lipinski definition) is 4. The van der Waals surface area contributed by atoms with Crippen LogP contribution in [-0.4, -0.2) is 67.5 Å². The van der Waals surface area contributed by atoms with Crippen LogP contribution in [0.4, 0.5) is 0 Å². The van der Waals surface area contributed by atoms with E-state index in [1.54, 1.807) is 0 Å². The molecule has 0 aromatic heterocycles. The van der Waals surface area contributed by atoms with Gasteiger partial charge in [0.15, 0.2) is 0 Å². The standard InChI is InChI=1S/C16H29N3O4S/c20-16(21)13-6-10-19(11-7-13)24(22,23)17-12-14-4-3-9-18-8-2-1-5-15(14)18/h13-15,17H,1-12H2,(H,20,21)/t14-,15+/m0/s1. The largest absolute Gasteiger partial charge is 0.481 e. The summed E-state index contributed by atoms with van der Waals surface area (Å²) in [5.41, 5.74) is 0. The lowest BCUT2D eigenvalue weighted by atomic mass is 9.84. The number of carbonyl (C=O) groups is 1. The fourth-order valence-corrected chi connectivity index (χ4v) is 5.76. The van der Waals surface area contributed by atoms with Gasteiger partial charge in [0.25, 0.3) is 10.2 Å². The van der Waals surface area contributed by atoms with Gasteiger partial charge in [-0.1, -0.05) is 6.42 Å². The smallest absolute Gasteiger partial charge is 0.306 e. The van der Waals surface area contributed by atoms with Crippen LogP contribution in [0.2, 0.25) is 0 Å². The van der Waals surface area contributed by atoms with Crippen molar-refractivity contribution in [3.8, 4) is 0 Å². The molecule has 0 spiro atoms. The molecule has 3 aliphatic heterocycles. The maximum absolute atomic E-state index is 12.5. The molecule has 7 nitrogen and oxygen atoms in total. The topological polar surface area (TPSA) is 90.0 Å². The number of rotatable bonds is 5. The van der Waals surface area contributed by atoms with Crippen molar-refractivity contribution in [1.82, 2.24) is 13.9 Å². The average Bonchev–Trinajstić information content (AvgIpc) is 2.60. The minimum absolute atomic E-state index is 0.298. The third-order valence-electron chi connectivity index (χ3n) is 5.90. The molecule has 3 heterocycles. The summed E-state index contributed by atoms with van der Waals surface area (Å²) in [7, 11) is -3.50. The first kappa shape index (κ1) is 18.1. The SMILES string of the molecule is O=C(O)C1CCN(S(=O)(=O)NC[C@@H]2CCCN3CCCC[C@H]23)CC1. The molecule has 0 aromatic carbocycles. The normalized spacial score (nSPS) is 30.8. The number of carboxylic acids is 1. The molecule has 0 amide bonds. The molecule has 0 saturated carbocycles. The Kier molecular flexibility index (Phi) is 5.79. The van der Waals surface area contributed by atoms with Crippen molar-refractivity contribution in [2.24, 2.45) is 11.8 Å². The van der Waals surface area contributed by atoms with Crippen molar-refractivity contribution in [2.45, 2.75) is 51.0 Å². The van der Waals surface area contributed by atoms with Crippen LogP contribution in [0.15, 0.2) is 0 Å². The summed E-state index contributed by atoms with van der Waals surface area (Å²) in [4.78, 5) is 13.5. The van der Waals surface area contributed by atoms with Crippen LogP contribution in [0, 0.1) is 11.8 Å². The van der Waals surface area contributed by atoms with E-state index < -0.39 is 22.1 Å². The maximum atomic E-state index is 12.5. The number of carboxylic acid groups (broad SMARTS) is 1. The first-order valence-electron chi connectivity index (χ1n) is 9.19. The van der Waals surface area contributed by atoms with Gasteiger partial charge in [0, 0.05) is 25.7 Å². The molecule has 3 saturated heterocycles. The number of hydrogen-bond donors (Lipinski definition) is 2. The van der Waals surface area contributed by atoms with Crippen LogP contribution in [0.3, 0.4) is 0 Å². The molecule has 0 radical (unpaired) electrons. The van der Waals surface area contributed by atoms with Gasteiger partial charge in [-0.25, -0.2) is 4.72 Å². The van der Waals surface area contributed by atoms with Crippen molar-refractivity contribution >= 4 is 16.2 Å². The molecule has 138 valence electrons. The van der Waals surface area contributed by atoms with Crippen LogP contribution >= 0.6 is 0 Å². The Morgan fingerprint density at radius 3 is 2.42 bits per heavy atom. The van der Waals surface area contributed by atoms with Crippen LogP contribution < -0.4 is 4.72 Å². The quantitative estimate of drug-likeness (QED) is 0.761. The van der Waals surface area contributed by atoms with Crippen molar-refractivity contribution in [2.75, 3.05) is 32.7 Å². The van der Waals surface area contributed by atoms with Crippen molar-refractivity contribution in [3.63, 3.8) is 0 Å². The van der Waals surface area contributed by atoms with Gasteiger partial charge in [-0.15, -0.1) is 0 Å². The second-order valence-corrected chi connectivity index (χ2v) is 9.12. The summed E-state index contributed by atoms with van der Waals surface area (Å²) >= 11 is 0. The minimum atomic E-state index is -3.50. The molecule has 3 aliphatic rings. The highest BCUT2D eigenvalue weighted by Gasteiger charge is 2.35. The number of aliphatic carboxylic acids is 1. The lowest BCUT2D eigenvalue weighted by Crippen LogP contribution is -2.53. The molecular formula is C16H29N3O4S. The summed E-state index contributed by atoms with van der Waals surface area (Å²) in [6.45, 7) is 3.40. The highest BCUT2D eigenvalue weighted by atomic mass is 32.2. The van der Waals surface area contributed by atoms with Gasteiger partial charge in [-0.2, -0.15) is 12.7 Å². The Morgan fingerprint density at radius 2 is 1.71 bits per heavy atom. The van der Waals surface area contributed by atoms with Crippen LogP contribution in [0.25, 0.3) is 0 Å². The van der Waals surface area contributed by atoms with Gasteiger partial charge in [0.05, 0.1) is 5.92 Å². The number of nitrogens with zero attached hydrogens (tertiary/aromatic N) is 2. The summed E-state index contributed by atoms with van der Waals surface area (Å²) in [5.74, 6) is -0.837. The van der Waals surface area contributed by atoms with E-state index in [0.717, 1.165) is 25.9 Å². The second kappa shape index (κ2) is 7.68. The van der Waals surface area contributed by atoms with E-state index in [4.69, 9.17) is 5.11 Å². The zero-order valence-corrected chi connectivity index (χ0v) is 15.0. The maximum Gasteiger partial charge on any atom is 0.306 e. The average molecular weight is 359 g/mol. The van der Waals surface area contributed by atoms with Crippen molar-refractivity contribution < 1.29 is 18.3 Å². The van der Waals surface area contributed by atoms with E-state index in [2.05, 4.69) is 9.62 Å². The van der Waals surface area contributed by atoms with Gasteiger partial charge in [0.2, 0.25) is 0 Å². The van der Waals surface area contributed by atoms with E-state index in [0.29, 0.717) is 44.4 Å². The Balaban J connectivity index is 1.52. The van der Waals surface area contributed by atoms with Gasteiger partial charge in [-0.05, 0) is 57.5 Å². The van der Waals surface area contributed by atoms with E-state index in [-0.39, 0.29) is 0 Å². The van der Waals surface area contributed by atoms with Gasteiger partial charge >= 0.3 is 5.97 Å². The predicted octanol–water partition coefficient (Wildman–Crippen LogP) is 0.882. The number of nitrogens with one attached hydrogen (secondary N) is 1. The van der Waals surface area contributed by atoms with Crippen molar-refractivity contribution in [1.29, 1.82) is 0 Å². The summed E-state index contributed by atoms with van der Waals surface area (Å²) in [6.07, 6.45) is 6.71. The lowest BCUT2D eigenvalue weighted by Gasteiger charge is -2.44. The third-order valence-corrected chi connectivity index (χ3v) is 7.48. The Morgan fingerprint density at radius 1 is 1.00 bits per heavy atom. The van der Waals surface area contributed by atoms with E-state index >= 15 is 0 Å². The van der Waals surface area contributed by atoms with E-state index in [9.17, 15) is 13.2 Å². The van der Waals surface area contributed by atoms with Gasteiger partial charge < -0.3 is 10.0 Å². The molecule has 24 heavy (non-hydrogen) atoms. The highest BCUT2D eigenvalue weighted by molar-refractivity contribution is 7.87. The van der Waals surface area contributed by atoms with E-state index in [1.807, 2.05) is 0 Å². The minimum Gasteiger partial charge on any atom is -0.481 e. The molecule has 2 atom stereocenters. The fourth-order valence-electron chi connectivity index (χ4n) is 4.46. The zero-order valence-electron chi connectivity index (χ0n) is 14.2. The van der Waals surface area contributed by atoms with Gasteiger partial charge in [0.1, 0.15) is 0 Å². The van der Waals surface area contributed by atoms with Crippen LogP contribution in [0.1, 0.15) is 44.9 Å². The highest BCUT2D eigenvalue weighted by Crippen LogP contribution is 2.30. The summed E-state index contributed by atoms with van der Waals surface area (Å²) in [5, 5.41) is 9.02. The molecule has 0 aliphatic carbocycles. The fraction of sp³-hybridized carbons (Fsp3) is 0.938. The Labute approximate surface area is 144 Å². The molecule has 2 N–H and O–H groups in total. The predicted molar refractivity (Wildman–Crippen MR) is 90.8 cm³/mol. The van der Waals surface area contributed by atoms with Crippen LogP contribution in [-0.2, 0) is 15.0 Å². The molecule has 3 rings (SSSR count). The van der Waals surface area contributed by atoms with E-state index in [1.165, 1.54) is 23.6 Å². The van der Waals surface area contributed by atoms with Crippen LogP contribution in [0.5, 0.6) is 0 Å². The molecular weight excluding hydrogens is 330 g/mol. The molecule has 8 heteroatoms. The third kappa shape index (κ3) is 4.09. The summed E-state index contributed by atoms with van der Waals surface area (Å²) < 4.78 is 29.2. The monoisotopic (exact) mass is 359 g/mol. The molecule has 0 unspecified atom stereocenters. The first-order valence-corrected chi connectivity index (χ1v) is 10.6. The molecule has 0 aromatic rings. The Hall–Kier alpha value is -0.700. The zero-order chi connectivity index (χ0) is 17.2. The summed E-state index contributed by atoms with van der Waals surface area (Å²) in [6, 6.07) is 0.521. The number of fused-ring (bicyclic) bond motifs is 1. The second-order valence-electron chi connectivity index (χ2n) is 7.37. The first-order chi connectivity index (χ1) is 11.5. The van der Waals surface area contributed by atoms with Gasteiger partial charge in [-0.3, -0.25) is 4.79 Å².